The van der Waals surface area contributed by atoms with Crippen LogP contribution in [0, 0.1) is 25.2 Å². The van der Waals surface area contributed by atoms with Gasteiger partial charge in [-0.15, -0.1) is 0 Å². The predicted octanol–water partition coefficient (Wildman–Crippen LogP) is 2.70. The summed E-state index contributed by atoms with van der Waals surface area (Å²) in [6.07, 6.45) is 0. The zero-order valence-electron chi connectivity index (χ0n) is 10.2. The molecule has 0 atom stereocenters. The van der Waals surface area contributed by atoms with Gasteiger partial charge in [0.15, 0.2) is 4.75 Å². The van der Waals surface area contributed by atoms with Gasteiger partial charge in [0.1, 0.15) is 5.75 Å². The maximum Gasteiger partial charge on any atom is 0.153 e. The topological polar surface area (TPSA) is 42.2 Å². The summed E-state index contributed by atoms with van der Waals surface area (Å²) in [4.78, 5) is 1.13. The van der Waals surface area contributed by atoms with Gasteiger partial charge in [0.2, 0.25) is 0 Å². The monoisotopic (exact) mass is 249 g/mol. The SMILES string of the molecule is COc1cc(C)c(SC2(C#N)COC2)cc1C. The van der Waals surface area contributed by atoms with Crippen molar-refractivity contribution in [3.05, 3.63) is 23.3 Å². The number of ether oxygens (including phenoxy) is 2. The third-order valence-corrected chi connectivity index (χ3v) is 4.25. The Kier molecular flexibility index (Phi) is 3.32. The van der Waals surface area contributed by atoms with Crippen LogP contribution in [0.3, 0.4) is 0 Å². The molecule has 0 amide bonds. The zero-order valence-corrected chi connectivity index (χ0v) is 11.1. The van der Waals surface area contributed by atoms with Gasteiger partial charge in [-0.1, -0.05) is 11.8 Å². The number of hydrogen-bond acceptors (Lipinski definition) is 4. The maximum absolute atomic E-state index is 9.18. The van der Waals surface area contributed by atoms with Crippen molar-refractivity contribution < 1.29 is 9.47 Å². The molecule has 17 heavy (non-hydrogen) atoms. The van der Waals surface area contributed by atoms with E-state index in [1.807, 2.05) is 19.9 Å². The Balaban J connectivity index is 2.28. The van der Waals surface area contributed by atoms with Gasteiger partial charge >= 0.3 is 0 Å². The highest BCUT2D eigenvalue weighted by Gasteiger charge is 2.40. The fourth-order valence-electron chi connectivity index (χ4n) is 1.74. The summed E-state index contributed by atoms with van der Waals surface area (Å²) in [6, 6.07) is 6.44. The average Bonchev–Trinajstić information content (AvgIpc) is 2.27. The molecule has 4 heteroatoms. The fourth-order valence-corrected chi connectivity index (χ4v) is 2.94. The summed E-state index contributed by atoms with van der Waals surface area (Å²) in [6.45, 7) is 5.07. The van der Waals surface area contributed by atoms with E-state index in [0.29, 0.717) is 13.2 Å². The highest BCUT2D eigenvalue weighted by molar-refractivity contribution is 8.01. The van der Waals surface area contributed by atoms with Gasteiger partial charge in [-0.05, 0) is 37.1 Å². The van der Waals surface area contributed by atoms with Gasteiger partial charge in [-0.2, -0.15) is 5.26 Å². The summed E-state index contributed by atoms with van der Waals surface area (Å²) in [5.74, 6) is 0.891. The van der Waals surface area contributed by atoms with Crippen molar-refractivity contribution in [3.8, 4) is 11.8 Å². The summed E-state index contributed by atoms with van der Waals surface area (Å²) in [5.41, 5.74) is 2.23. The van der Waals surface area contributed by atoms with Crippen LogP contribution in [0.2, 0.25) is 0 Å². The smallest absolute Gasteiger partial charge is 0.153 e. The van der Waals surface area contributed by atoms with Crippen LogP contribution in [0.5, 0.6) is 5.75 Å². The van der Waals surface area contributed by atoms with E-state index in [0.717, 1.165) is 21.8 Å². The summed E-state index contributed by atoms with van der Waals surface area (Å²) >= 11 is 1.60. The lowest BCUT2D eigenvalue weighted by molar-refractivity contribution is 0.0161. The normalized spacial score (nSPS) is 17.1. The lowest BCUT2D eigenvalue weighted by atomic mass is 10.1. The first kappa shape index (κ1) is 12.3. The highest BCUT2D eigenvalue weighted by Crippen LogP contribution is 2.41. The van der Waals surface area contributed by atoms with Gasteiger partial charge in [0.25, 0.3) is 0 Å². The van der Waals surface area contributed by atoms with E-state index in [1.165, 1.54) is 0 Å². The molecule has 1 aliphatic rings. The van der Waals surface area contributed by atoms with Crippen LogP contribution in [0.1, 0.15) is 11.1 Å². The van der Waals surface area contributed by atoms with Gasteiger partial charge in [-0.25, -0.2) is 0 Å². The largest absolute Gasteiger partial charge is 0.496 e. The molecule has 1 fully saturated rings. The Morgan fingerprint density at radius 1 is 1.35 bits per heavy atom. The Bertz CT molecular complexity index is 475. The Morgan fingerprint density at radius 3 is 2.53 bits per heavy atom. The van der Waals surface area contributed by atoms with Crippen molar-refractivity contribution in [3.63, 3.8) is 0 Å². The lowest BCUT2D eigenvalue weighted by Crippen LogP contribution is -2.45. The number of nitriles is 1. The molecule has 1 aromatic carbocycles. The molecule has 1 heterocycles. The molecule has 0 unspecified atom stereocenters. The Hall–Kier alpha value is -1.18. The molecule has 3 nitrogen and oxygen atoms in total. The molecule has 0 aliphatic carbocycles. The standard InChI is InChI=1S/C13H15NO2S/c1-9-5-12(10(2)4-11(9)15-3)17-13(6-14)7-16-8-13/h4-5H,7-8H2,1-3H3. The third-order valence-electron chi connectivity index (χ3n) is 2.87. The zero-order chi connectivity index (χ0) is 12.5. The van der Waals surface area contributed by atoms with Crippen molar-refractivity contribution in [2.75, 3.05) is 20.3 Å². The van der Waals surface area contributed by atoms with Crippen LogP contribution >= 0.6 is 11.8 Å². The second-order valence-electron chi connectivity index (χ2n) is 4.29. The minimum absolute atomic E-state index is 0.397. The van der Waals surface area contributed by atoms with Crippen LogP contribution in [0.15, 0.2) is 17.0 Å². The van der Waals surface area contributed by atoms with Crippen molar-refractivity contribution in [2.45, 2.75) is 23.5 Å². The van der Waals surface area contributed by atoms with Crippen molar-refractivity contribution in [1.29, 1.82) is 5.26 Å². The van der Waals surface area contributed by atoms with E-state index < -0.39 is 4.75 Å². The van der Waals surface area contributed by atoms with Gasteiger partial charge < -0.3 is 9.47 Å². The quantitative estimate of drug-likeness (QED) is 0.826. The Morgan fingerprint density at radius 2 is 2.06 bits per heavy atom. The number of rotatable bonds is 3. The first-order chi connectivity index (χ1) is 8.10. The third kappa shape index (κ3) is 2.26. The Labute approximate surface area is 106 Å². The lowest BCUT2D eigenvalue weighted by Gasteiger charge is -2.34. The number of hydrogen-bond donors (Lipinski definition) is 0. The van der Waals surface area contributed by atoms with E-state index in [4.69, 9.17) is 9.47 Å². The number of thioether (sulfide) groups is 1. The second kappa shape index (κ2) is 4.59. The van der Waals surface area contributed by atoms with Crippen molar-refractivity contribution in [2.24, 2.45) is 0 Å². The highest BCUT2D eigenvalue weighted by atomic mass is 32.2. The molecule has 0 spiro atoms. The van der Waals surface area contributed by atoms with E-state index in [1.54, 1.807) is 18.9 Å². The van der Waals surface area contributed by atoms with Crippen LogP contribution < -0.4 is 4.74 Å². The first-order valence-corrected chi connectivity index (χ1v) is 6.25. The fraction of sp³-hybridized carbons (Fsp3) is 0.462. The number of benzene rings is 1. The molecule has 1 aromatic rings. The molecule has 90 valence electrons. The van der Waals surface area contributed by atoms with Crippen LogP contribution in [0.25, 0.3) is 0 Å². The first-order valence-electron chi connectivity index (χ1n) is 5.43. The maximum atomic E-state index is 9.18. The number of aryl methyl sites for hydroxylation is 2. The summed E-state index contributed by atoms with van der Waals surface area (Å²) < 4.78 is 10.0. The molecule has 0 N–H and O–H groups in total. The number of nitrogens with zero attached hydrogens (tertiary/aromatic N) is 1. The molecular weight excluding hydrogens is 234 g/mol. The van der Waals surface area contributed by atoms with Gasteiger partial charge in [-0.3, -0.25) is 0 Å². The van der Waals surface area contributed by atoms with E-state index in [-0.39, 0.29) is 0 Å². The molecule has 1 saturated heterocycles. The molecule has 1 aliphatic heterocycles. The average molecular weight is 249 g/mol. The minimum atomic E-state index is -0.397. The molecule has 0 radical (unpaired) electrons. The molecular formula is C13H15NO2S. The molecule has 0 saturated carbocycles. The second-order valence-corrected chi connectivity index (χ2v) is 5.71. The van der Waals surface area contributed by atoms with Gasteiger partial charge in [0, 0.05) is 4.90 Å². The molecule has 2 rings (SSSR count). The van der Waals surface area contributed by atoms with Crippen LogP contribution in [-0.2, 0) is 4.74 Å². The summed E-state index contributed by atoms with van der Waals surface area (Å²) in [7, 11) is 1.67. The number of methoxy groups -OCH3 is 1. The van der Waals surface area contributed by atoms with Crippen molar-refractivity contribution in [1.82, 2.24) is 0 Å². The van der Waals surface area contributed by atoms with Crippen molar-refractivity contribution >= 4 is 11.8 Å². The summed E-state index contributed by atoms with van der Waals surface area (Å²) in [5, 5.41) is 9.18. The predicted molar refractivity (Wildman–Crippen MR) is 67.5 cm³/mol. The van der Waals surface area contributed by atoms with Crippen LogP contribution in [-0.4, -0.2) is 25.1 Å². The van der Waals surface area contributed by atoms with E-state index >= 15 is 0 Å². The minimum Gasteiger partial charge on any atom is -0.496 e. The molecule has 0 aromatic heterocycles. The van der Waals surface area contributed by atoms with Gasteiger partial charge in [0.05, 0.1) is 26.4 Å². The van der Waals surface area contributed by atoms with Crippen LogP contribution in [0.4, 0.5) is 0 Å². The van der Waals surface area contributed by atoms with E-state index in [9.17, 15) is 5.26 Å². The molecule has 0 bridgehead atoms. The van der Waals surface area contributed by atoms with E-state index in [2.05, 4.69) is 12.1 Å².